The van der Waals surface area contributed by atoms with Crippen LogP contribution < -0.4 is 16.4 Å². The summed E-state index contributed by atoms with van der Waals surface area (Å²) in [5.41, 5.74) is 7.66. The largest absolute Gasteiger partial charge is 0.370 e. The van der Waals surface area contributed by atoms with Crippen LogP contribution in [0.3, 0.4) is 0 Å². The summed E-state index contributed by atoms with van der Waals surface area (Å²) in [7, 11) is 0. The Kier molecular flexibility index (Phi) is 8.98. The summed E-state index contributed by atoms with van der Waals surface area (Å²) in [6, 6.07) is 7.95. The molecular weight excluding hydrogens is 403 g/mol. The minimum atomic E-state index is -0.0453. The minimum Gasteiger partial charge on any atom is -0.370 e. The fourth-order valence-electron chi connectivity index (χ4n) is 2.70. The molecule has 0 heterocycles. The predicted molar refractivity (Wildman–Crippen MR) is 105 cm³/mol. The van der Waals surface area contributed by atoms with Gasteiger partial charge in [-0.2, -0.15) is 0 Å². The number of nitrogens with zero attached hydrogens (tertiary/aromatic N) is 1. The molecule has 1 fully saturated rings. The molecule has 0 aliphatic heterocycles. The molecule has 23 heavy (non-hydrogen) atoms. The van der Waals surface area contributed by atoms with Crippen LogP contribution in [0, 0.1) is 0 Å². The molecule has 1 aromatic rings. The quantitative estimate of drug-likeness (QED) is 0.382. The number of rotatable bonds is 5. The fourth-order valence-corrected chi connectivity index (χ4v) is 2.70. The van der Waals surface area contributed by atoms with Crippen LogP contribution in [0.25, 0.3) is 0 Å². The van der Waals surface area contributed by atoms with Crippen molar-refractivity contribution >= 4 is 35.8 Å². The average Bonchev–Trinajstić information content (AvgIpc) is 2.54. The van der Waals surface area contributed by atoms with Crippen LogP contribution in [-0.4, -0.2) is 24.5 Å². The lowest BCUT2D eigenvalue weighted by molar-refractivity contribution is 0.0956. The first-order valence-electron chi connectivity index (χ1n) is 8.12. The minimum absolute atomic E-state index is 0. The van der Waals surface area contributed by atoms with Gasteiger partial charge in [0.1, 0.15) is 0 Å². The van der Waals surface area contributed by atoms with E-state index in [2.05, 4.69) is 15.6 Å². The van der Waals surface area contributed by atoms with Crippen molar-refractivity contribution in [1.82, 2.24) is 10.6 Å². The molecule has 0 saturated heterocycles. The van der Waals surface area contributed by atoms with Gasteiger partial charge in [0.25, 0.3) is 5.91 Å². The second-order valence-corrected chi connectivity index (χ2v) is 5.74. The van der Waals surface area contributed by atoms with E-state index >= 15 is 0 Å². The van der Waals surface area contributed by atoms with Gasteiger partial charge in [-0.15, -0.1) is 24.0 Å². The molecule has 2 rings (SSSR count). The van der Waals surface area contributed by atoms with E-state index in [0.29, 0.717) is 30.7 Å². The molecule has 0 atom stereocenters. The molecule has 4 N–H and O–H groups in total. The molecule has 1 amide bonds. The Morgan fingerprint density at radius 3 is 2.48 bits per heavy atom. The van der Waals surface area contributed by atoms with Gasteiger partial charge in [-0.1, -0.05) is 31.4 Å². The number of aliphatic imine (C=N–C) groups is 1. The first-order chi connectivity index (χ1) is 10.7. The summed E-state index contributed by atoms with van der Waals surface area (Å²) in [6.07, 6.45) is 6.22. The average molecular weight is 430 g/mol. The lowest BCUT2D eigenvalue weighted by Gasteiger charge is -2.23. The SMILES string of the molecule is CCNC(=O)c1ccc(CN=C(N)NC2CCCCC2)cc1.I. The zero-order valence-electron chi connectivity index (χ0n) is 13.7. The molecule has 1 saturated carbocycles. The molecule has 1 aliphatic carbocycles. The highest BCUT2D eigenvalue weighted by Crippen LogP contribution is 2.17. The van der Waals surface area contributed by atoms with Gasteiger partial charge in [-0.25, -0.2) is 4.99 Å². The number of halogens is 1. The van der Waals surface area contributed by atoms with Crippen molar-refractivity contribution in [3.05, 3.63) is 35.4 Å². The van der Waals surface area contributed by atoms with Crippen LogP contribution in [-0.2, 0) is 6.54 Å². The molecule has 0 aromatic heterocycles. The van der Waals surface area contributed by atoms with Crippen molar-refractivity contribution in [2.75, 3.05) is 6.54 Å². The fraction of sp³-hybridized carbons (Fsp3) is 0.529. The molecule has 0 spiro atoms. The molecular formula is C17H27IN4O. The van der Waals surface area contributed by atoms with Crippen LogP contribution in [0.5, 0.6) is 0 Å². The second-order valence-electron chi connectivity index (χ2n) is 5.74. The topological polar surface area (TPSA) is 79.5 Å². The Morgan fingerprint density at radius 2 is 1.87 bits per heavy atom. The highest BCUT2D eigenvalue weighted by molar-refractivity contribution is 14.0. The summed E-state index contributed by atoms with van der Waals surface area (Å²) < 4.78 is 0. The van der Waals surface area contributed by atoms with Gasteiger partial charge in [-0.05, 0) is 37.5 Å². The number of nitrogens with two attached hydrogens (primary N) is 1. The predicted octanol–water partition coefficient (Wildman–Crippen LogP) is 2.79. The number of carbonyl (C=O) groups is 1. The third-order valence-corrected chi connectivity index (χ3v) is 3.94. The number of amides is 1. The van der Waals surface area contributed by atoms with Crippen molar-refractivity contribution in [2.45, 2.75) is 51.6 Å². The van der Waals surface area contributed by atoms with E-state index in [1.165, 1.54) is 32.1 Å². The van der Waals surface area contributed by atoms with Crippen molar-refractivity contribution in [3.8, 4) is 0 Å². The molecule has 0 bridgehead atoms. The van der Waals surface area contributed by atoms with Gasteiger partial charge in [-0.3, -0.25) is 4.79 Å². The summed E-state index contributed by atoms with van der Waals surface area (Å²) in [5, 5.41) is 6.08. The second kappa shape index (κ2) is 10.5. The summed E-state index contributed by atoms with van der Waals surface area (Å²) >= 11 is 0. The van der Waals surface area contributed by atoms with E-state index in [-0.39, 0.29) is 29.9 Å². The standard InChI is InChI=1S/C17H26N4O.HI/c1-2-19-16(22)14-10-8-13(9-11-14)12-20-17(18)21-15-6-4-3-5-7-15;/h8-11,15H,2-7,12H2,1H3,(H,19,22)(H3,18,20,21);1H. The zero-order valence-corrected chi connectivity index (χ0v) is 16.0. The maximum Gasteiger partial charge on any atom is 0.251 e. The van der Waals surface area contributed by atoms with Crippen molar-refractivity contribution in [1.29, 1.82) is 0 Å². The Bertz CT molecular complexity index is 510. The van der Waals surface area contributed by atoms with E-state index in [9.17, 15) is 4.79 Å². The number of hydrogen-bond acceptors (Lipinski definition) is 2. The third kappa shape index (κ3) is 6.76. The number of hydrogen-bond donors (Lipinski definition) is 3. The Balaban J connectivity index is 0.00000264. The number of guanidine groups is 1. The molecule has 0 radical (unpaired) electrons. The smallest absolute Gasteiger partial charge is 0.251 e. The Morgan fingerprint density at radius 1 is 1.22 bits per heavy atom. The van der Waals surface area contributed by atoms with Crippen LogP contribution in [0.4, 0.5) is 0 Å². The van der Waals surface area contributed by atoms with E-state index in [4.69, 9.17) is 5.73 Å². The van der Waals surface area contributed by atoms with Crippen LogP contribution >= 0.6 is 24.0 Å². The first-order valence-corrected chi connectivity index (χ1v) is 8.12. The Hall–Kier alpha value is -1.31. The number of nitrogens with one attached hydrogen (secondary N) is 2. The molecule has 5 nitrogen and oxygen atoms in total. The van der Waals surface area contributed by atoms with Gasteiger partial charge < -0.3 is 16.4 Å². The summed E-state index contributed by atoms with van der Waals surface area (Å²) in [5.74, 6) is 0.468. The monoisotopic (exact) mass is 430 g/mol. The normalized spacial score (nSPS) is 15.6. The van der Waals surface area contributed by atoms with Gasteiger partial charge >= 0.3 is 0 Å². The lowest BCUT2D eigenvalue weighted by Crippen LogP contribution is -2.41. The van der Waals surface area contributed by atoms with Gasteiger partial charge in [0, 0.05) is 18.2 Å². The Labute approximate surface area is 155 Å². The van der Waals surface area contributed by atoms with Gasteiger partial charge in [0.05, 0.1) is 6.54 Å². The molecule has 128 valence electrons. The van der Waals surface area contributed by atoms with Crippen LogP contribution in [0.15, 0.2) is 29.3 Å². The molecule has 1 aliphatic rings. The number of benzene rings is 1. The van der Waals surface area contributed by atoms with Crippen molar-refractivity contribution in [3.63, 3.8) is 0 Å². The molecule has 6 heteroatoms. The van der Waals surface area contributed by atoms with E-state index in [1.807, 2.05) is 31.2 Å². The van der Waals surface area contributed by atoms with Gasteiger partial charge in [0.2, 0.25) is 0 Å². The van der Waals surface area contributed by atoms with E-state index < -0.39 is 0 Å². The first kappa shape index (κ1) is 19.7. The van der Waals surface area contributed by atoms with Crippen LogP contribution in [0.1, 0.15) is 54.9 Å². The number of carbonyl (C=O) groups excluding carboxylic acids is 1. The lowest BCUT2D eigenvalue weighted by atomic mass is 9.96. The zero-order chi connectivity index (χ0) is 15.8. The van der Waals surface area contributed by atoms with Crippen molar-refractivity contribution < 1.29 is 4.79 Å². The highest BCUT2D eigenvalue weighted by Gasteiger charge is 2.13. The highest BCUT2D eigenvalue weighted by atomic mass is 127. The summed E-state index contributed by atoms with van der Waals surface area (Å²) in [4.78, 5) is 16.1. The van der Waals surface area contributed by atoms with Crippen LogP contribution in [0.2, 0.25) is 0 Å². The maximum absolute atomic E-state index is 11.7. The summed E-state index contributed by atoms with van der Waals surface area (Å²) in [6.45, 7) is 3.07. The maximum atomic E-state index is 11.7. The van der Waals surface area contributed by atoms with Gasteiger partial charge in [0.15, 0.2) is 5.96 Å². The molecule has 1 aromatic carbocycles. The van der Waals surface area contributed by atoms with E-state index in [1.54, 1.807) is 0 Å². The molecule has 0 unspecified atom stereocenters. The van der Waals surface area contributed by atoms with E-state index in [0.717, 1.165) is 5.56 Å². The third-order valence-electron chi connectivity index (χ3n) is 3.94. The van der Waals surface area contributed by atoms with Crippen molar-refractivity contribution in [2.24, 2.45) is 10.7 Å².